The Balaban J connectivity index is 2.55. The van der Waals surface area contributed by atoms with Crippen molar-refractivity contribution >= 4 is 6.09 Å². The van der Waals surface area contributed by atoms with E-state index in [1.54, 1.807) is 26.8 Å². The molecule has 0 aromatic rings. The summed E-state index contributed by atoms with van der Waals surface area (Å²) in [6, 6.07) is -0.357. The van der Waals surface area contributed by atoms with E-state index in [1.165, 1.54) is 0 Å². The van der Waals surface area contributed by atoms with Crippen molar-refractivity contribution in [2.75, 3.05) is 0 Å². The standard InChI is InChI=1S/C15H27NO4/c1-14(2,3)19-12-9-7-11(8-10-12)16(18)13(17)20-15(4,5)6/h7,9,11-12,18H,8,10H2,1-6H3/t11-,12-/m0/s1. The van der Waals surface area contributed by atoms with E-state index in [2.05, 4.69) is 0 Å². The minimum Gasteiger partial charge on any atom is -0.442 e. The number of nitrogens with zero attached hydrogens (tertiary/aromatic N) is 1. The Labute approximate surface area is 121 Å². The van der Waals surface area contributed by atoms with Gasteiger partial charge < -0.3 is 9.47 Å². The molecule has 116 valence electrons. The molecule has 20 heavy (non-hydrogen) atoms. The number of rotatable bonds is 2. The largest absolute Gasteiger partial charge is 0.442 e. The van der Waals surface area contributed by atoms with Crippen LogP contribution in [0.3, 0.4) is 0 Å². The van der Waals surface area contributed by atoms with Gasteiger partial charge >= 0.3 is 6.09 Å². The van der Waals surface area contributed by atoms with Crippen LogP contribution in [-0.4, -0.2) is 39.7 Å². The summed E-state index contributed by atoms with van der Waals surface area (Å²) in [5.41, 5.74) is -0.819. The Morgan fingerprint density at radius 2 is 1.70 bits per heavy atom. The minimum atomic E-state index is -0.720. The molecule has 1 N–H and O–H groups in total. The predicted molar refractivity (Wildman–Crippen MR) is 76.6 cm³/mol. The molecule has 0 aromatic heterocycles. The third-order valence-electron chi connectivity index (χ3n) is 2.69. The van der Waals surface area contributed by atoms with Gasteiger partial charge in [-0.25, -0.2) is 4.79 Å². The van der Waals surface area contributed by atoms with Crippen LogP contribution in [0, 0.1) is 0 Å². The predicted octanol–water partition coefficient (Wildman–Crippen LogP) is 3.52. The highest BCUT2D eigenvalue weighted by molar-refractivity contribution is 5.67. The van der Waals surface area contributed by atoms with Crippen LogP contribution in [0.2, 0.25) is 0 Å². The van der Waals surface area contributed by atoms with Gasteiger partial charge in [-0.05, 0) is 54.4 Å². The van der Waals surface area contributed by atoms with E-state index in [9.17, 15) is 10.0 Å². The molecule has 0 saturated carbocycles. The Morgan fingerprint density at radius 1 is 1.10 bits per heavy atom. The van der Waals surface area contributed by atoms with Crippen LogP contribution >= 0.6 is 0 Å². The highest BCUT2D eigenvalue weighted by Crippen LogP contribution is 2.23. The topological polar surface area (TPSA) is 59.0 Å². The average Bonchev–Trinajstić information content (AvgIpc) is 2.24. The highest BCUT2D eigenvalue weighted by Gasteiger charge is 2.29. The molecule has 1 aliphatic rings. The highest BCUT2D eigenvalue weighted by atomic mass is 16.6. The fourth-order valence-corrected chi connectivity index (χ4v) is 1.98. The molecule has 0 heterocycles. The van der Waals surface area contributed by atoms with Gasteiger partial charge in [-0.15, -0.1) is 0 Å². The van der Waals surface area contributed by atoms with Crippen LogP contribution in [-0.2, 0) is 9.47 Å². The lowest BCUT2D eigenvalue weighted by molar-refractivity contribution is -0.117. The van der Waals surface area contributed by atoms with E-state index >= 15 is 0 Å². The molecule has 1 rings (SSSR count). The van der Waals surface area contributed by atoms with Gasteiger partial charge in [-0.1, -0.05) is 12.2 Å². The molecule has 0 saturated heterocycles. The smallest absolute Gasteiger partial charge is 0.434 e. The van der Waals surface area contributed by atoms with Gasteiger partial charge in [0.15, 0.2) is 0 Å². The molecule has 0 bridgehead atoms. The SMILES string of the molecule is CC(C)(C)OC(=O)N(O)[C@H]1C=C[C@H](OC(C)(C)C)CC1. The summed E-state index contributed by atoms with van der Waals surface area (Å²) < 4.78 is 11.0. The van der Waals surface area contributed by atoms with E-state index in [4.69, 9.17) is 9.47 Å². The number of hydrogen-bond donors (Lipinski definition) is 1. The fourth-order valence-electron chi connectivity index (χ4n) is 1.98. The van der Waals surface area contributed by atoms with E-state index in [1.807, 2.05) is 26.8 Å². The van der Waals surface area contributed by atoms with Crippen LogP contribution in [0.5, 0.6) is 0 Å². The third kappa shape index (κ3) is 5.92. The molecule has 1 amide bonds. The first-order chi connectivity index (χ1) is 8.98. The zero-order valence-corrected chi connectivity index (χ0v) is 13.3. The van der Waals surface area contributed by atoms with Gasteiger partial charge in [-0.3, -0.25) is 5.21 Å². The molecule has 0 unspecified atom stereocenters. The Kier molecular flexibility index (Phi) is 5.21. The first-order valence-corrected chi connectivity index (χ1v) is 7.05. The number of hydrogen-bond acceptors (Lipinski definition) is 4. The maximum Gasteiger partial charge on any atom is 0.434 e. The number of carbonyl (C=O) groups excluding carboxylic acids is 1. The molecule has 1 aliphatic carbocycles. The quantitative estimate of drug-likeness (QED) is 0.479. The average molecular weight is 285 g/mol. The molecular formula is C15H27NO4. The normalized spacial score (nSPS) is 23.6. The zero-order valence-electron chi connectivity index (χ0n) is 13.3. The summed E-state index contributed by atoms with van der Waals surface area (Å²) in [5.74, 6) is 0. The summed E-state index contributed by atoms with van der Waals surface area (Å²) in [6.45, 7) is 11.3. The molecule has 0 fully saturated rings. The summed E-state index contributed by atoms with van der Waals surface area (Å²) in [6.07, 6.45) is 4.41. The van der Waals surface area contributed by atoms with E-state index in [0.29, 0.717) is 11.5 Å². The second kappa shape index (κ2) is 6.14. The number of ether oxygens (including phenoxy) is 2. The van der Waals surface area contributed by atoms with Crippen LogP contribution in [0.4, 0.5) is 4.79 Å². The zero-order chi connectivity index (χ0) is 15.6. The summed E-state index contributed by atoms with van der Waals surface area (Å²) in [5, 5.41) is 10.6. The monoisotopic (exact) mass is 285 g/mol. The lowest BCUT2D eigenvalue weighted by Gasteiger charge is -2.32. The summed E-state index contributed by atoms with van der Waals surface area (Å²) in [7, 11) is 0. The Bertz CT molecular complexity index is 365. The van der Waals surface area contributed by atoms with Gasteiger partial charge in [0, 0.05) is 0 Å². The Morgan fingerprint density at radius 3 is 2.10 bits per heavy atom. The van der Waals surface area contributed by atoms with Crippen LogP contribution in [0.15, 0.2) is 12.2 Å². The third-order valence-corrected chi connectivity index (χ3v) is 2.69. The van der Waals surface area contributed by atoms with Crippen molar-refractivity contribution in [3.63, 3.8) is 0 Å². The van der Waals surface area contributed by atoms with Crippen molar-refractivity contribution in [3.05, 3.63) is 12.2 Å². The van der Waals surface area contributed by atoms with E-state index < -0.39 is 11.7 Å². The van der Waals surface area contributed by atoms with Crippen molar-refractivity contribution < 1.29 is 19.5 Å². The van der Waals surface area contributed by atoms with Crippen molar-refractivity contribution in [2.45, 2.75) is 77.7 Å². The number of carbonyl (C=O) groups is 1. The maximum atomic E-state index is 11.8. The lowest BCUT2D eigenvalue weighted by Crippen LogP contribution is -2.42. The fraction of sp³-hybridized carbons (Fsp3) is 0.800. The van der Waals surface area contributed by atoms with Gasteiger partial charge in [0.05, 0.1) is 17.7 Å². The maximum absolute atomic E-state index is 11.8. The van der Waals surface area contributed by atoms with Crippen LogP contribution < -0.4 is 0 Å². The first kappa shape index (κ1) is 17.0. The molecule has 0 spiro atoms. The van der Waals surface area contributed by atoms with Crippen LogP contribution in [0.1, 0.15) is 54.4 Å². The Hall–Kier alpha value is -1.07. The first-order valence-electron chi connectivity index (χ1n) is 7.05. The van der Waals surface area contributed by atoms with E-state index in [-0.39, 0.29) is 17.7 Å². The minimum absolute atomic E-state index is 0.0262. The molecule has 0 aromatic carbocycles. The molecule has 2 atom stereocenters. The number of hydroxylamine groups is 2. The number of amides is 1. The van der Waals surface area contributed by atoms with Gasteiger partial charge in [0.2, 0.25) is 0 Å². The van der Waals surface area contributed by atoms with Crippen molar-refractivity contribution in [1.29, 1.82) is 0 Å². The van der Waals surface area contributed by atoms with Crippen molar-refractivity contribution in [2.24, 2.45) is 0 Å². The molecule has 0 aliphatic heterocycles. The van der Waals surface area contributed by atoms with Gasteiger partial charge in [-0.2, -0.15) is 5.06 Å². The van der Waals surface area contributed by atoms with Crippen molar-refractivity contribution in [3.8, 4) is 0 Å². The summed E-state index contributed by atoms with van der Waals surface area (Å²) >= 11 is 0. The van der Waals surface area contributed by atoms with Crippen molar-refractivity contribution in [1.82, 2.24) is 5.06 Å². The second-order valence-corrected chi connectivity index (χ2v) is 7.12. The second-order valence-electron chi connectivity index (χ2n) is 7.12. The van der Waals surface area contributed by atoms with Crippen LogP contribution in [0.25, 0.3) is 0 Å². The van der Waals surface area contributed by atoms with Gasteiger partial charge in [0.25, 0.3) is 0 Å². The molecule has 5 heteroatoms. The summed E-state index contributed by atoms with van der Waals surface area (Å²) in [4.78, 5) is 11.8. The van der Waals surface area contributed by atoms with E-state index in [0.717, 1.165) is 6.42 Å². The lowest BCUT2D eigenvalue weighted by atomic mass is 9.99. The molecular weight excluding hydrogens is 258 g/mol. The molecule has 5 nitrogen and oxygen atoms in total. The molecule has 0 radical (unpaired) electrons. The van der Waals surface area contributed by atoms with Gasteiger partial charge in [0.1, 0.15) is 5.60 Å².